The largest absolute Gasteiger partial charge is 0.321 e. The highest BCUT2D eigenvalue weighted by Crippen LogP contribution is 2.23. The molecule has 0 saturated heterocycles. The Hall–Kier alpha value is -0.680. The van der Waals surface area contributed by atoms with Gasteiger partial charge in [-0.25, -0.2) is 0 Å². The number of carbonyl (C=O) groups excluding carboxylic acids is 1. The van der Waals surface area contributed by atoms with Gasteiger partial charge in [-0.2, -0.15) is 5.10 Å². The quantitative estimate of drug-likeness (QED) is 0.836. The van der Waals surface area contributed by atoms with Crippen LogP contribution in [0, 0.1) is 5.92 Å². The van der Waals surface area contributed by atoms with Gasteiger partial charge in [0.05, 0.1) is 28.3 Å². The van der Waals surface area contributed by atoms with E-state index in [1.807, 2.05) is 11.6 Å². The molecule has 2 N–H and O–H groups in total. The molecule has 1 heterocycles. The van der Waals surface area contributed by atoms with E-state index in [4.69, 9.17) is 5.73 Å². The van der Waals surface area contributed by atoms with Crippen molar-refractivity contribution in [3.05, 3.63) is 15.9 Å². The normalized spacial score (nSPS) is 13.0. The zero-order valence-corrected chi connectivity index (χ0v) is 13.8. The fraction of sp³-hybridized carbons (Fsp3) is 0.714. The summed E-state index contributed by atoms with van der Waals surface area (Å²) in [6.45, 7) is 9.01. The topological polar surface area (TPSA) is 60.9 Å². The molecule has 1 rings (SSSR count). The number of halogens is 1. The van der Waals surface area contributed by atoms with Crippen LogP contribution in [0.25, 0.3) is 0 Å². The molecule has 1 aromatic rings. The van der Waals surface area contributed by atoms with Gasteiger partial charge in [-0.1, -0.05) is 20.8 Å². The smallest absolute Gasteiger partial charge is 0.155 e. The number of rotatable bonds is 7. The van der Waals surface area contributed by atoms with Crippen LogP contribution < -0.4 is 5.73 Å². The van der Waals surface area contributed by atoms with Gasteiger partial charge >= 0.3 is 0 Å². The SMILES string of the molecule is CCc1nn(CC)c(CC(=O)C(N)CC(C)C)c1Br. The fourth-order valence-electron chi connectivity index (χ4n) is 2.12. The number of hydrogen-bond donors (Lipinski definition) is 1. The number of aryl methyl sites for hydroxylation is 2. The number of ketones is 1. The van der Waals surface area contributed by atoms with E-state index in [0.717, 1.165) is 35.2 Å². The van der Waals surface area contributed by atoms with Gasteiger partial charge in [-0.05, 0) is 41.6 Å². The van der Waals surface area contributed by atoms with Crippen LogP contribution in [-0.2, 0) is 24.2 Å². The van der Waals surface area contributed by atoms with Gasteiger partial charge in [-0.3, -0.25) is 9.48 Å². The van der Waals surface area contributed by atoms with Gasteiger partial charge in [0.25, 0.3) is 0 Å². The molecule has 0 aromatic carbocycles. The highest BCUT2D eigenvalue weighted by atomic mass is 79.9. The molecule has 0 aliphatic heterocycles. The molecule has 1 atom stereocenters. The van der Waals surface area contributed by atoms with E-state index >= 15 is 0 Å². The molecule has 0 saturated carbocycles. The summed E-state index contributed by atoms with van der Waals surface area (Å²) in [5, 5.41) is 4.50. The molecular weight excluding hydrogens is 306 g/mol. The molecule has 1 unspecified atom stereocenters. The summed E-state index contributed by atoms with van der Waals surface area (Å²) in [7, 11) is 0. The van der Waals surface area contributed by atoms with E-state index in [1.54, 1.807) is 0 Å². The molecule has 19 heavy (non-hydrogen) atoms. The predicted octanol–water partition coefficient (Wildman–Crippen LogP) is 2.71. The van der Waals surface area contributed by atoms with E-state index in [0.29, 0.717) is 12.3 Å². The van der Waals surface area contributed by atoms with Crippen LogP contribution in [-0.4, -0.2) is 21.6 Å². The third kappa shape index (κ3) is 4.14. The summed E-state index contributed by atoms with van der Waals surface area (Å²) < 4.78 is 2.85. The predicted molar refractivity (Wildman–Crippen MR) is 81.1 cm³/mol. The molecule has 0 aliphatic rings. The summed E-state index contributed by atoms with van der Waals surface area (Å²) in [4.78, 5) is 12.2. The first-order valence-electron chi connectivity index (χ1n) is 6.92. The molecule has 0 amide bonds. The Labute approximate surface area is 123 Å². The van der Waals surface area contributed by atoms with Crippen LogP contribution in [0.2, 0.25) is 0 Å². The Morgan fingerprint density at radius 3 is 2.53 bits per heavy atom. The average Bonchev–Trinajstić information content (AvgIpc) is 2.65. The maximum atomic E-state index is 12.2. The Morgan fingerprint density at radius 1 is 1.42 bits per heavy atom. The number of nitrogens with zero attached hydrogens (tertiary/aromatic N) is 2. The van der Waals surface area contributed by atoms with Crippen LogP contribution in [0.1, 0.15) is 45.5 Å². The molecular formula is C14H24BrN3O. The minimum Gasteiger partial charge on any atom is -0.321 e. The van der Waals surface area contributed by atoms with Crippen molar-refractivity contribution >= 4 is 21.7 Å². The molecule has 5 heteroatoms. The molecule has 0 spiro atoms. The number of hydrogen-bond acceptors (Lipinski definition) is 3. The van der Waals surface area contributed by atoms with Crippen molar-refractivity contribution in [2.24, 2.45) is 11.7 Å². The van der Waals surface area contributed by atoms with Crippen LogP contribution in [0.4, 0.5) is 0 Å². The van der Waals surface area contributed by atoms with Gasteiger partial charge in [0.2, 0.25) is 0 Å². The highest BCUT2D eigenvalue weighted by Gasteiger charge is 2.21. The van der Waals surface area contributed by atoms with Gasteiger partial charge in [0.15, 0.2) is 5.78 Å². The monoisotopic (exact) mass is 329 g/mol. The summed E-state index contributed by atoms with van der Waals surface area (Å²) in [6, 6.07) is -0.378. The lowest BCUT2D eigenvalue weighted by Crippen LogP contribution is -2.33. The lowest BCUT2D eigenvalue weighted by atomic mass is 9.98. The number of aromatic nitrogens is 2. The van der Waals surface area contributed by atoms with E-state index in [1.165, 1.54) is 0 Å². The second-order valence-electron chi connectivity index (χ2n) is 5.26. The van der Waals surface area contributed by atoms with Crippen LogP contribution in [0.15, 0.2) is 4.47 Å². The maximum Gasteiger partial charge on any atom is 0.155 e. The van der Waals surface area contributed by atoms with Crippen molar-refractivity contribution in [3.8, 4) is 0 Å². The minimum absolute atomic E-state index is 0.0895. The van der Waals surface area contributed by atoms with Gasteiger partial charge in [-0.15, -0.1) is 0 Å². The van der Waals surface area contributed by atoms with Gasteiger partial charge < -0.3 is 5.73 Å². The highest BCUT2D eigenvalue weighted by molar-refractivity contribution is 9.10. The molecule has 0 radical (unpaired) electrons. The third-order valence-electron chi connectivity index (χ3n) is 3.17. The van der Waals surface area contributed by atoms with Crippen LogP contribution >= 0.6 is 15.9 Å². The van der Waals surface area contributed by atoms with Crippen molar-refractivity contribution in [3.63, 3.8) is 0 Å². The lowest BCUT2D eigenvalue weighted by Gasteiger charge is -2.13. The van der Waals surface area contributed by atoms with E-state index in [-0.39, 0.29) is 11.8 Å². The van der Waals surface area contributed by atoms with Crippen molar-refractivity contribution in [1.82, 2.24) is 9.78 Å². The lowest BCUT2D eigenvalue weighted by molar-refractivity contribution is -0.120. The second-order valence-corrected chi connectivity index (χ2v) is 6.05. The molecule has 0 aliphatic carbocycles. The molecule has 108 valence electrons. The maximum absolute atomic E-state index is 12.2. The zero-order chi connectivity index (χ0) is 14.6. The third-order valence-corrected chi connectivity index (χ3v) is 4.09. The summed E-state index contributed by atoms with van der Waals surface area (Å²) >= 11 is 3.56. The van der Waals surface area contributed by atoms with Crippen LogP contribution in [0.3, 0.4) is 0 Å². The molecule has 1 aromatic heterocycles. The van der Waals surface area contributed by atoms with E-state index in [9.17, 15) is 4.79 Å². The Morgan fingerprint density at radius 2 is 2.05 bits per heavy atom. The van der Waals surface area contributed by atoms with Crippen molar-refractivity contribution < 1.29 is 4.79 Å². The zero-order valence-electron chi connectivity index (χ0n) is 12.2. The minimum atomic E-state index is -0.378. The Bertz CT molecular complexity index is 440. The summed E-state index contributed by atoms with van der Waals surface area (Å²) in [6.07, 6.45) is 1.94. The van der Waals surface area contributed by atoms with Gasteiger partial charge in [0.1, 0.15) is 0 Å². The molecule has 0 fully saturated rings. The second kappa shape index (κ2) is 7.20. The summed E-state index contributed by atoms with van der Waals surface area (Å²) in [5.74, 6) is 0.524. The first-order valence-corrected chi connectivity index (χ1v) is 7.72. The standard InChI is InChI=1S/C14H24BrN3O/c1-5-11-14(15)12(18(6-2)17-11)8-13(19)10(16)7-9(3)4/h9-10H,5-8,16H2,1-4H3. The number of carbonyl (C=O) groups is 1. The molecule has 4 nitrogen and oxygen atoms in total. The first-order chi connectivity index (χ1) is 8.90. The Balaban J connectivity index is 2.86. The average molecular weight is 330 g/mol. The number of nitrogens with two attached hydrogens (primary N) is 1. The summed E-state index contributed by atoms with van der Waals surface area (Å²) in [5.41, 5.74) is 7.90. The van der Waals surface area contributed by atoms with E-state index in [2.05, 4.69) is 41.8 Å². The van der Waals surface area contributed by atoms with Crippen molar-refractivity contribution in [2.45, 2.75) is 59.5 Å². The van der Waals surface area contributed by atoms with Crippen molar-refractivity contribution in [1.29, 1.82) is 0 Å². The number of Topliss-reactive ketones (excluding diaryl/α,β-unsaturated/α-hetero) is 1. The fourth-order valence-corrected chi connectivity index (χ4v) is 2.83. The first kappa shape index (κ1) is 16.4. The van der Waals surface area contributed by atoms with Crippen molar-refractivity contribution in [2.75, 3.05) is 0 Å². The van der Waals surface area contributed by atoms with Crippen LogP contribution in [0.5, 0.6) is 0 Å². The Kier molecular flexibility index (Phi) is 6.20. The van der Waals surface area contributed by atoms with E-state index < -0.39 is 0 Å². The van der Waals surface area contributed by atoms with Gasteiger partial charge in [0, 0.05) is 6.54 Å². The molecule has 0 bridgehead atoms.